The average molecular weight is 491 g/mol. The number of rotatable bonds is 5. The van der Waals surface area contributed by atoms with E-state index in [1.165, 1.54) is 49.6 Å². The smallest absolute Gasteiger partial charge is 0.0622 e. The molecule has 38 heavy (non-hydrogen) atoms. The summed E-state index contributed by atoms with van der Waals surface area (Å²) < 4.78 is 0. The van der Waals surface area contributed by atoms with Crippen LogP contribution >= 0.6 is 0 Å². The Morgan fingerprint density at radius 1 is 0.553 bits per heavy atom. The number of hydrogen-bond acceptors (Lipinski definition) is 2. The Balaban J connectivity index is 1.43. The monoisotopic (exact) mass is 490 g/mol. The molecule has 3 atom stereocenters. The highest BCUT2D eigenvalue weighted by molar-refractivity contribution is 5.98. The summed E-state index contributed by atoms with van der Waals surface area (Å²) in [5.74, 6) is 0.226. The first-order valence-corrected chi connectivity index (χ1v) is 13.5. The Morgan fingerprint density at radius 2 is 1.18 bits per heavy atom. The van der Waals surface area contributed by atoms with Crippen molar-refractivity contribution in [2.75, 3.05) is 10.6 Å². The predicted molar refractivity (Wildman–Crippen MR) is 161 cm³/mol. The van der Waals surface area contributed by atoms with Gasteiger partial charge in [-0.3, -0.25) is 0 Å². The Labute approximate surface area is 224 Å². The fourth-order valence-corrected chi connectivity index (χ4v) is 6.24. The molecule has 2 nitrogen and oxygen atoms in total. The average Bonchev–Trinajstić information content (AvgIpc) is 2.98. The summed E-state index contributed by atoms with van der Waals surface area (Å²) in [6, 6.07) is 50.7. The van der Waals surface area contributed by atoms with Crippen molar-refractivity contribution in [1.29, 1.82) is 0 Å². The summed E-state index contributed by atoms with van der Waals surface area (Å²) in [4.78, 5) is 0. The summed E-state index contributed by atoms with van der Waals surface area (Å²) in [5.41, 5.74) is 6.42. The van der Waals surface area contributed by atoms with Gasteiger partial charge in [0.05, 0.1) is 6.04 Å². The van der Waals surface area contributed by atoms with Crippen molar-refractivity contribution in [3.8, 4) is 0 Å². The zero-order valence-electron chi connectivity index (χ0n) is 21.2. The number of hydrogen-bond donors (Lipinski definition) is 2. The van der Waals surface area contributed by atoms with E-state index in [0.717, 1.165) is 6.42 Å². The van der Waals surface area contributed by atoms with Crippen LogP contribution in [0.2, 0.25) is 0 Å². The van der Waals surface area contributed by atoms with Gasteiger partial charge in [0, 0.05) is 34.1 Å². The molecule has 0 saturated carbocycles. The normalized spacial score (nSPS) is 18.6. The molecule has 0 saturated heterocycles. The third kappa shape index (κ3) is 4.09. The summed E-state index contributed by atoms with van der Waals surface area (Å²) in [5, 5.41) is 13.2. The van der Waals surface area contributed by atoms with Crippen LogP contribution in [0, 0.1) is 0 Å². The summed E-state index contributed by atoms with van der Waals surface area (Å²) in [7, 11) is 0. The second-order valence-electron chi connectivity index (χ2n) is 10.3. The fraction of sp³-hybridized carbons (Fsp3) is 0.111. The van der Waals surface area contributed by atoms with E-state index in [2.05, 4.69) is 150 Å². The van der Waals surface area contributed by atoms with E-state index in [1.807, 2.05) is 0 Å². The molecule has 6 aromatic rings. The van der Waals surface area contributed by atoms with Gasteiger partial charge < -0.3 is 10.6 Å². The lowest BCUT2D eigenvalue weighted by atomic mass is 9.75. The van der Waals surface area contributed by atoms with Crippen molar-refractivity contribution in [1.82, 2.24) is 0 Å². The van der Waals surface area contributed by atoms with Crippen LogP contribution in [0.5, 0.6) is 0 Å². The van der Waals surface area contributed by atoms with Gasteiger partial charge in [-0.1, -0.05) is 133 Å². The Morgan fingerprint density at radius 3 is 1.97 bits per heavy atom. The summed E-state index contributed by atoms with van der Waals surface area (Å²) >= 11 is 0. The molecule has 1 heterocycles. The number of fused-ring (bicyclic) bond motifs is 4. The van der Waals surface area contributed by atoms with Crippen molar-refractivity contribution in [3.05, 3.63) is 156 Å². The molecule has 2 N–H and O–H groups in total. The van der Waals surface area contributed by atoms with E-state index >= 15 is 0 Å². The molecule has 0 radical (unpaired) electrons. The van der Waals surface area contributed by atoms with Gasteiger partial charge >= 0.3 is 0 Å². The maximum Gasteiger partial charge on any atom is 0.0622 e. The summed E-state index contributed by atoms with van der Waals surface area (Å²) in [6.07, 6.45) is 0.941. The lowest BCUT2D eigenvalue weighted by Gasteiger charge is -2.42. The maximum atomic E-state index is 4.07. The standard InChI is InChI=1S/C36H30N2/c1-3-12-25(13-4-1)24-33-34(28-16-5-2-6-17-28)36(37-32-21-11-18-26-14-7-9-19-29(26)32)31-23-22-27-15-8-10-20-30(27)35(31)38-33/h1-23,33-34,36-38H,24H2/t33-,34-,36-/m1/s1. The first-order valence-electron chi connectivity index (χ1n) is 13.5. The molecule has 0 aromatic heterocycles. The van der Waals surface area contributed by atoms with Crippen molar-refractivity contribution in [2.45, 2.75) is 24.4 Å². The second-order valence-corrected chi connectivity index (χ2v) is 10.3. The quantitative estimate of drug-likeness (QED) is 0.252. The zero-order chi connectivity index (χ0) is 25.3. The molecule has 0 unspecified atom stereocenters. The molecule has 7 rings (SSSR count). The lowest BCUT2D eigenvalue weighted by molar-refractivity contribution is 0.481. The van der Waals surface area contributed by atoms with Crippen LogP contribution in [0.15, 0.2) is 140 Å². The molecule has 6 aromatic carbocycles. The molecule has 184 valence electrons. The van der Waals surface area contributed by atoms with Crippen LogP contribution < -0.4 is 10.6 Å². The topological polar surface area (TPSA) is 24.1 Å². The van der Waals surface area contributed by atoms with Crippen LogP contribution in [0.4, 0.5) is 11.4 Å². The van der Waals surface area contributed by atoms with Crippen LogP contribution in [0.25, 0.3) is 21.5 Å². The van der Waals surface area contributed by atoms with Crippen molar-refractivity contribution in [3.63, 3.8) is 0 Å². The minimum absolute atomic E-state index is 0.0952. The van der Waals surface area contributed by atoms with Crippen LogP contribution in [0.3, 0.4) is 0 Å². The molecule has 1 aliphatic rings. The van der Waals surface area contributed by atoms with E-state index in [-0.39, 0.29) is 18.0 Å². The molecule has 0 amide bonds. The van der Waals surface area contributed by atoms with Crippen molar-refractivity contribution in [2.24, 2.45) is 0 Å². The number of nitrogens with one attached hydrogen (secondary N) is 2. The van der Waals surface area contributed by atoms with Gasteiger partial charge in [-0.25, -0.2) is 0 Å². The lowest BCUT2D eigenvalue weighted by Crippen LogP contribution is -2.40. The largest absolute Gasteiger partial charge is 0.380 e. The van der Waals surface area contributed by atoms with Gasteiger partial charge in [0.2, 0.25) is 0 Å². The first-order chi connectivity index (χ1) is 18.8. The van der Waals surface area contributed by atoms with Crippen LogP contribution in [-0.2, 0) is 6.42 Å². The predicted octanol–water partition coefficient (Wildman–Crippen LogP) is 8.97. The molecule has 1 aliphatic heterocycles. The van der Waals surface area contributed by atoms with E-state index in [1.54, 1.807) is 0 Å². The van der Waals surface area contributed by atoms with E-state index in [9.17, 15) is 0 Å². The first kappa shape index (κ1) is 22.6. The molecular formula is C36H30N2. The van der Waals surface area contributed by atoms with Gasteiger partial charge in [-0.15, -0.1) is 0 Å². The number of anilines is 2. The highest BCUT2D eigenvalue weighted by Crippen LogP contribution is 2.48. The molecular weight excluding hydrogens is 460 g/mol. The summed E-state index contributed by atoms with van der Waals surface area (Å²) in [6.45, 7) is 0. The molecule has 2 heteroatoms. The third-order valence-electron chi connectivity index (χ3n) is 8.00. The van der Waals surface area contributed by atoms with E-state index < -0.39 is 0 Å². The second kappa shape index (κ2) is 9.72. The SMILES string of the molecule is c1ccc(C[C@H]2Nc3c(ccc4ccccc34)[C@@H](Nc3cccc4ccccc34)[C@@H]2c2ccccc2)cc1. The van der Waals surface area contributed by atoms with Gasteiger partial charge in [-0.05, 0) is 39.9 Å². The van der Waals surface area contributed by atoms with E-state index in [4.69, 9.17) is 0 Å². The minimum atomic E-state index is 0.0952. The molecule has 0 fully saturated rings. The highest BCUT2D eigenvalue weighted by Gasteiger charge is 2.38. The van der Waals surface area contributed by atoms with E-state index in [0.29, 0.717) is 0 Å². The molecule has 0 spiro atoms. The van der Waals surface area contributed by atoms with Gasteiger partial charge in [0.25, 0.3) is 0 Å². The maximum absolute atomic E-state index is 4.07. The van der Waals surface area contributed by atoms with Crippen LogP contribution in [0.1, 0.15) is 28.7 Å². The van der Waals surface area contributed by atoms with Gasteiger partial charge in [-0.2, -0.15) is 0 Å². The third-order valence-corrected chi connectivity index (χ3v) is 8.00. The minimum Gasteiger partial charge on any atom is -0.380 e. The van der Waals surface area contributed by atoms with Gasteiger partial charge in [0.15, 0.2) is 0 Å². The van der Waals surface area contributed by atoms with Gasteiger partial charge in [0.1, 0.15) is 0 Å². The van der Waals surface area contributed by atoms with Crippen molar-refractivity contribution < 1.29 is 0 Å². The van der Waals surface area contributed by atoms with Crippen molar-refractivity contribution >= 4 is 32.9 Å². The Kier molecular flexibility index (Phi) is 5.79. The fourth-order valence-electron chi connectivity index (χ4n) is 6.24. The Hall–Kier alpha value is -4.56. The van der Waals surface area contributed by atoms with Crippen LogP contribution in [-0.4, -0.2) is 6.04 Å². The zero-order valence-corrected chi connectivity index (χ0v) is 21.2. The highest BCUT2D eigenvalue weighted by atomic mass is 15.0. The molecule has 0 bridgehead atoms. The Bertz CT molecular complexity index is 1700. The number of benzene rings is 6. The molecule has 0 aliphatic carbocycles.